The van der Waals surface area contributed by atoms with E-state index in [1.54, 1.807) is 14.2 Å². The van der Waals surface area contributed by atoms with E-state index in [0.29, 0.717) is 5.96 Å². The highest BCUT2D eigenvalue weighted by atomic mass is 16.5. The number of ether oxygens (including phenoxy) is 2. The molecule has 0 unspecified atom stereocenters. The summed E-state index contributed by atoms with van der Waals surface area (Å²) < 4.78 is 10.5. The molecule has 1 aromatic carbocycles. The molecule has 3 N–H and O–H groups in total. The van der Waals surface area contributed by atoms with Gasteiger partial charge in [0.15, 0.2) is 17.5 Å². The number of hydrogen-bond acceptors (Lipinski definition) is 4. The van der Waals surface area contributed by atoms with Crippen molar-refractivity contribution in [1.82, 2.24) is 10.2 Å². The number of guanidine groups is 1. The van der Waals surface area contributed by atoms with Gasteiger partial charge in [-0.3, -0.25) is 4.99 Å². The largest absolute Gasteiger partial charge is 0.493 e. The van der Waals surface area contributed by atoms with Crippen molar-refractivity contribution in [3.05, 3.63) is 23.8 Å². The molecule has 0 spiro atoms. The molecule has 136 valence electrons. The predicted octanol–water partition coefficient (Wildman–Crippen LogP) is 1.88. The van der Waals surface area contributed by atoms with Crippen molar-refractivity contribution < 1.29 is 9.47 Å². The maximum Gasteiger partial charge on any atom is 0.188 e. The summed E-state index contributed by atoms with van der Waals surface area (Å²) >= 11 is 0. The van der Waals surface area contributed by atoms with Crippen LogP contribution < -0.4 is 20.5 Å². The van der Waals surface area contributed by atoms with Gasteiger partial charge in [-0.1, -0.05) is 19.9 Å². The second kappa shape index (κ2) is 11.6. The van der Waals surface area contributed by atoms with Gasteiger partial charge in [0.2, 0.25) is 0 Å². The minimum atomic E-state index is 0.509. The molecule has 0 fully saturated rings. The molecule has 1 rings (SSSR count). The lowest BCUT2D eigenvalue weighted by atomic mass is 10.1. The lowest BCUT2D eigenvalue weighted by molar-refractivity contribution is 0.302. The van der Waals surface area contributed by atoms with Crippen molar-refractivity contribution in [2.24, 2.45) is 10.7 Å². The smallest absolute Gasteiger partial charge is 0.188 e. The Labute approximate surface area is 146 Å². The SMILES string of the molecule is CCN(CC)CCCN=C(N)NCCc1ccc(OC)c(OC)c1. The molecule has 6 nitrogen and oxygen atoms in total. The van der Waals surface area contributed by atoms with Crippen LogP contribution in [0.3, 0.4) is 0 Å². The fraction of sp³-hybridized carbons (Fsp3) is 0.611. The second-order valence-corrected chi connectivity index (χ2v) is 5.51. The Bertz CT molecular complexity index is 502. The topological polar surface area (TPSA) is 72.1 Å². The van der Waals surface area contributed by atoms with E-state index in [4.69, 9.17) is 15.2 Å². The van der Waals surface area contributed by atoms with Gasteiger partial charge in [-0.25, -0.2) is 0 Å². The van der Waals surface area contributed by atoms with Crippen LogP contribution in [0.2, 0.25) is 0 Å². The molecule has 1 aromatic rings. The molecule has 24 heavy (non-hydrogen) atoms. The monoisotopic (exact) mass is 336 g/mol. The zero-order valence-electron chi connectivity index (χ0n) is 15.5. The van der Waals surface area contributed by atoms with Crippen LogP contribution in [0.4, 0.5) is 0 Å². The number of rotatable bonds is 11. The van der Waals surface area contributed by atoms with Crippen molar-refractivity contribution in [2.75, 3.05) is 46.9 Å². The molecule has 0 aliphatic rings. The van der Waals surface area contributed by atoms with Gasteiger partial charge in [-0.05, 0) is 50.2 Å². The van der Waals surface area contributed by atoms with Gasteiger partial charge in [0.25, 0.3) is 0 Å². The summed E-state index contributed by atoms with van der Waals surface area (Å²) in [6.45, 7) is 9.08. The normalized spacial score (nSPS) is 11.6. The van der Waals surface area contributed by atoms with Crippen LogP contribution in [-0.2, 0) is 6.42 Å². The minimum absolute atomic E-state index is 0.509. The van der Waals surface area contributed by atoms with E-state index in [0.717, 1.165) is 62.6 Å². The van der Waals surface area contributed by atoms with Gasteiger partial charge in [0, 0.05) is 13.1 Å². The lowest BCUT2D eigenvalue weighted by Gasteiger charge is -2.16. The molecule has 0 radical (unpaired) electrons. The Morgan fingerprint density at radius 3 is 2.50 bits per heavy atom. The lowest BCUT2D eigenvalue weighted by Crippen LogP contribution is -2.33. The molecule has 0 aromatic heterocycles. The molecular formula is C18H32N4O2. The number of benzene rings is 1. The molecule has 6 heteroatoms. The van der Waals surface area contributed by atoms with Crippen LogP contribution in [-0.4, -0.2) is 57.8 Å². The second-order valence-electron chi connectivity index (χ2n) is 5.51. The third kappa shape index (κ3) is 7.08. The van der Waals surface area contributed by atoms with Crippen LogP contribution in [0.1, 0.15) is 25.8 Å². The average molecular weight is 336 g/mol. The van der Waals surface area contributed by atoms with Crippen molar-refractivity contribution in [2.45, 2.75) is 26.7 Å². The number of nitrogens with one attached hydrogen (secondary N) is 1. The van der Waals surface area contributed by atoms with Gasteiger partial charge in [0.1, 0.15) is 0 Å². The molecule has 0 saturated carbocycles. The molecule has 0 amide bonds. The van der Waals surface area contributed by atoms with E-state index in [2.05, 4.69) is 29.1 Å². The zero-order valence-corrected chi connectivity index (χ0v) is 15.5. The zero-order chi connectivity index (χ0) is 17.8. The van der Waals surface area contributed by atoms with E-state index in [1.807, 2.05) is 18.2 Å². The predicted molar refractivity (Wildman–Crippen MR) is 100 cm³/mol. The standard InChI is InChI=1S/C18H32N4O2/c1-5-22(6-2)13-7-11-20-18(19)21-12-10-15-8-9-16(23-3)17(14-15)24-4/h8-9,14H,5-7,10-13H2,1-4H3,(H3,19,20,21). The van der Waals surface area contributed by atoms with E-state index in [1.165, 1.54) is 0 Å². The van der Waals surface area contributed by atoms with E-state index < -0.39 is 0 Å². The number of nitrogens with zero attached hydrogens (tertiary/aromatic N) is 2. The van der Waals surface area contributed by atoms with Crippen LogP contribution in [0.5, 0.6) is 11.5 Å². The molecule has 0 atom stereocenters. The van der Waals surface area contributed by atoms with Gasteiger partial charge < -0.3 is 25.4 Å². The fourth-order valence-electron chi connectivity index (χ4n) is 2.46. The summed E-state index contributed by atoms with van der Waals surface area (Å²) in [7, 11) is 3.28. The maximum absolute atomic E-state index is 5.90. The number of hydrogen-bond donors (Lipinski definition) is 2. The summed E-state index contributed by atoms with van der Waals surface area (Å²) in [5, 5.41) is 3.16. The summed E-state index contributed by atoms with van der Waals surface area (Å²) in [6.07, 6.45) is 1.87. The van der Waals surface area contributed by atoms with Gasteiger partial charge in [-0.15, -0.1) is 0 Å². The Morgan fingerprint density at radius 2 is 1.88 bits per heavy atom. The van der Waals surface area contributed by atoms with Crippen molar-refractivity contribution >= 4 is 5.96 Å². The first-order valence-electron chi connectivity index (χ1n) is 8.61. The van der Waals surface area contributed by atoms with E-state index in [-0.39, 0.29) is 0 Å². The highest BCUT2D eigenvalue weighted by Gasteiger charge is 2.04. The Morgan fingerprint density at radius 1 is 1.17 bits per heavy atom. The molecule has 0 aliphatic carbocycles. The van der Waals surface area contributed by atoms with Gasteiger partial charge in [0.05, 0.1) is 14.2 Å². The first-order chi connectivity index (χ1) is 11.6. The minimum Gasteiger partial charge on any atom is -0.493 e. The molecule has 0 heterocycles. The summed E-state index contributed by atoms with van der Waals surface area (Å²) in [4.78, 5) is 6.75. The quantitative estimate of drug-likeness (QED) is 0.367. The van der Waals surface area contributed by atoms with E-state index >= 15 is 0 Å². The van der Waals surface area contributed by atoms with Gasteiger partial charge >= 0.3 is 0 Å². The van der Waals surface area contributed by atoms with Crippen LogP contribution in [0.25, 0.3) is 0 Å². The molecule has 0 bridgehead atoms. The van der Waals surface area contributed by atoms with Crippen molar-refractivity contribution in [3.8, 4) is 11.5 Å². The summed E-state index contributed by atoms with van der Waals surface area (Å²) in [5.74, 6) is 1.99. The number of aliphatic imine (C=N–C) groups is 1. The summed E-state index contributed by atoms with van der Waals surface area (Å²) in [5.41, 5.74) is 7.06. The Balaban J connectivity index is 2.32. The average Bonchev–Trinajstić information content (AvgIpc) is 2.61. The third-order valence-corrected chi connectivity index (χ3v) is 3.98. The fourth-order valence-corrected chi connectivity index (χ4v) is 2.46. The van der Waals surface area contributed by atoms with Crippen LogP contribution in [0.15, 0.2) is 23.2 Å². The highest BCUT2D eigenvalue weighted by molar-refractivity contribution is 5.77. The molecule has 0 aliphatic heterocycles. The third-order valence-electron chi connectivity index (χ3n) is 3.98. The number of nitrogens with two attached hydrogens (primary N) is 1. The summed E-state index contributed by atoms with van der Waals surface area (Å²) in [6, 6.07) is 5.93. The van der Waals surface area contributed by atoms with Crippen LogP contribution in [0, 0.1) is 0 Å². The maximum atomic E-state index is 5.90. The number of methoxy groups -OCH3 is 2. The van der Waals surface area contributed by atoms with Crippen molar-refractivity contribution in [1.29, 1.82) is 0 Å². The van der Waals surface area contributed by atoms with Crippen molar-refractivity contribution in [3.63, 3.8) is 0 Å². The van der Waals surface area contributed by atoms with Gasteiger partial charge in [-0.2, -0.15) is 0 Å². The first kappa shape index (κ1) is 20.1. The first-order valence-corrected chi connectivity index (χ1v) is 8.61. The van der Waals surface area contributed by atoms with E-state index in [9.17, 15) is 0 Å². The highest BCUT2D eigenvalue weighted by Crippen LogP contribution is 2.27. The Kier molecular flexibility index (Phi) is 9.68. The molecular weight excluding hydrogens is 304 g/mol. The van der Waals surface area contributed by atoms with Crippen LogP contribution >= 0.6 is 0 Å². The Hall–Kier alpha value is -1.95. The molecule has 0 saturated heterocycles.